The van der Waals surface area contributed by atoms with Gasteiger partial charge in [-0.25, -0.2) is 4.39 Å². The maximum atomic E-state index is 13.5. The van der Waals surface area contributed by atoms with E-state index in [1.807, 2.05) is 0 Å². The number of carbonyl (C=O) groups is 2. The number of hydrogen-bond acceptors (Lipinski definition) is 4. The summed E-state index contributed by atoms with van der Waals surface area (Å²) in [4.78, 5) is 23.9. The molecule has 26 heavy (non-hydrogen) atoms. The smallest absolute Gasteiger partial charge is 0.251 e. The third kappa shape index (κ3) is 6.18. The number of ether oxygens (including phenoxy) is 1. The summed E-state index contributed by atoms with van der Waals surface area (Å²) >= 11 is 0. The number of para-hydroxylation sites is 1. The second kappa shape index (κ2) is 10.1. The third-order valence-corrected chi connectivity index (χ3v) is 3.55. The van der Waals surface area contributed by atoms with Gasteiger partial charge in [0.15, 0.2) is 0 Å². The molecule has 0 saturated heterocycles. The Bertz CT molecular complexity index is 735. The van der Waals surface area contributed by atoms with Crippen molar-refractivity contribution in [2.45, 2.75) is 6.42 Å². The SMILES string of the molecule is COCCCNC(=O)c1ccc(NC(=O)CNc2ccccc2F)cc1. The molecule has 2 aromatic carbocycles. The van der Waals surface area contributed by atoms with Crippen molar-refractivity contribution in [1.82, 2.24) is 5.32 Å². The lowest BCUT2D eigenvalue weighted by Crippen LogP contribution is -2.25. The van der Waals surface area contributed by atoms with Crippen molar-refractivity contribution < 1.29 is 18.7 Å². The van der Waals surface area contributed by atoms with Crippen LogP contribution in [0.2, 0.25) is 0 Å². The van der Waals surface area contributed by atoms with Crippen LogP contribution in [0.25, 0.3) is 0 Å². The standard InChI is InChI=1S/C19H22FN3O3/c1-26-12-4-11-21-19(25)14-7-9-15(10-8-14)23-18(24)13-22-17-6-3-2-5-16(17)20/h2-3,5-10,22H,4,11-13H2,1H3,(H,21,25)(H,23,24). The normalized spacial score (nSPS) is 10.2. The van der Waals surface area contributed by atoms with Crippen LogP contribution in [0.5, 0.6) is 0 Å². The van der Waals surface area contributed by atoms with Gasteiger partial charge in [0.25, 0.3) is 5.91 Å². The molecule has 0 radical (unpaired) electrons. The first-order valence-electron chi connectivity index (χ1n) is 8.25. The molecule has 0 fully saturated rings. The van der Waals surface area contributed by atoms with Crippen LogP contribution in [-0.2, 0) is 9.53 Å². The summed E-state index contributed by atoms with van der Waals surface area (Å²) < 4.78 is 18.4. The van der Waals surface area contributed by atoms with Gasteiger partial charge in [-0.05, 0) is 42.8 Å². The summed E-state index contributed by atoms with van der Waals surface area (Å²) in [6.45, 7) is 1.06. The van der Waals surface area contributed by atoms with E-state index in [2.05, 4.69) is 16.0 Å². The van der Waals surface area contributed by atoms with Gasteiger partial charge in [-0.2, -0.15) is 0 Å². The van der Waals surface area contributed by atoms with Crippen LogP contribution in [0.4, 0.5) is 15.8 Å². The zero-order valence-corrected chi connectivity index (χ0v) is 14.5. The zero-order valence-electron chi connectivity index (χ0n) is 14.5. The molecule has 3 N–H and O–H groups in total. The molecule has 6 nitrogen and oxygen atoms in total. The van der Waals surface area contributed by atoms with Crippen LogP contribution in [0, 0.1) is 5.82 Å². The molecule has 0 bridgehead atoms. The maximum absolute atomic E-state index is 13.5. The van der Waals surface area contributed by atoms with E-state index in [0.717, 1.165) is 6.42 Å². The molecule has 138 valence electrons. The molecular weight excluding hydrogens is 337 g/mol. The van der Waals surface area contributed by atoms with Gasteiger partial charge in [0.1, 0.15) is 5.82 Å². The van der Waals surface area contributed by atoms with Crippen LogP contribution in [-0.4, -0.2) is 38.6 Å². The van der Waals surface area contributed by atoms with E-state index < -0.39 is 5.82 Å². The van der Waals surface area contributed by atoms with Gasteiger partial charge in [0.2, 0.25) is 5.91 Å². The number of amides is 2. The number of halogens is 1. The van der Waals surface area contributed by atoms with E-state index in [0.29, 0.717) is 24.4 Å². The molecule has 2 amide bonds. The van der Waals surface area contributed by atoms with Crippen molar-refractivity contribution in [2.75, 3.05) is 37.4 Å². The third-order valence-electron chi connectivity index (χ3n) is 3.55. The van der Waals surface area contributed by atoms with Gasteiger partial charge >= 0.3 is 0 Å². The van der Waals surface area contributed by atoms with E-state index in [1.54, 1.807) is 49.6 Å². The molecule has 2 rings (SSSR count). The summed E-state index contributed by atoms with van der Waals surface area (Å²) in [5.41, 5.74) is 1.33. The van der Waals surface area contributed by atoms with Crippen LogP contribution in [0.3, 0.4) is 0 Å². The van der Waals surface area contributed by atoms with E-state index in [4.69, 9.17) is 4.74 Å². The number of methoxy groups -OCH3 is 1. The second-order valence-electron chi connectivity index (χ2n) is 5.56. The zero-order chi connectivity index (χ0) is 18.8. The van der Waals surface area contributed by atoms with Gasteiger partial charge in [0.05, 0.1) is 12.2 Å². The largest absolute Gasteiger partial charge is 0.385 e. The average Bonchev–Trinajstić information content (AvgIpc) is 2.65. The van der Waals surface area contributed by atoms with Gasteiger partial charge in [-0.3, -0.25) is 9.59 Å². The van der Waals surface area contributed by atoms with Gasteiger partial charge in [-0.1, -0.05) is 12.1 Å². The fraction of sp³-hybridized carbons (Fsp3) is 0.263. The van der Waals surface area contributed by atoms with Crippen molar-refractivity contribution in [2.24, 2.45) is 0 Å². The fourth-order valence-corrected chi connectivity index (χ4v) is 2.21. The molecular formula is C19H22FN3O3. The van der Waals surface area contributed by atoms with E-state index in [9.17, 15) is 14.0 Å². The molecule has 0 unspecified atom stereocenters. The Morgan fingerprint density at radius 3 is 2.50 bits per heavy atom. The highest BCUT2D eigenvalue weighted by atomic mass is 19.1. The molecule has 0 aliphatic rings. The summed E-state index contributed by atoms with van der Waals surface area (Å²) in [5, 5.41) is 8.21. The lowest BCUT2D eigenvalue weighted by molar-refractivity contribution is -0.114. The molecule has 0 aliphatic carbocycles. The van der Waals surface area contributed by atoms with Crippen molar-refractivity contribution in [3.8, 4) is 0 Å². The van der Waals surface area contributed by atoms with Crippen LogP contribution < -0.4 is 16.0 Å². The number of anilines is 2. The van der Waals surface area contributed by atoms with Crippen LogP contribution in [0.15, 0.2) is 48.5 Å². The van der Waals surface area contributed by atoms with E-state index in [-0.39, 0.29) is 24.0 Å². The Morgan fingerprint density at radius 1 is 1.08 bits per heavy atom. The first-order valence-corrected chi connectivity index (χ1v) is 8.25. The summed E-state index contributed by atoms with van der Waals surface area (Å²) in [7, 11) is 1.61. The highest BCUT2D eigenvalue weighted by molar-refractivity contribution is 5.96. The molecule has 0 aliphatic heterocycles. The van der Waals surface area contributed by atoms with Gasteiger partial charge in [-0.15, -0.1) is 0 Å². The van der Waals surface area contributed by atoms with E-state index >= 15 is 0 Å². The average molecular weight is 359 g/mol. The van der Waals surface area contributed by atoms with Crippen molar-refractivity contribution >= 4 is 23.2 Å². The molecule has 0 atom stereocenters. The molecule has 0 saturated carbocycles. The summed E-state index contributed by atoms with van der Waals surface area (Å²) in [6.07, 6.45) is 0.741. The summed E-state index contributed by atoms with van der Waals surface area (Å²) in [5.74, 6) is -0.911. The molecule has 2 aromatic rings. The van der Waals surface area contributed by atoms with Gasteiger partial charge < -0.3 is 20.7 Å². The summed E-state index contributed by atoms with van der Waals surface area (Å²) in [6, 6.07) is 12.7. The topological polar surface area (TPSA) is 79.5 Å². The monoisotopic (exact) mass is 359 g/mol. The second-order valence-corrected chi connectivity index (χ2v) is 5.56. The Morgan fingerprint density at radius 2 is 1.81 bits per heavy atom. The highest BCUT2D eigenvalue weighted by Gasteiger charge is 2.07. The van der Waals surface area contributed by atoms with Crippen molar-refractivity contribution in [3.63, 3.8) is 0 Å². The fourth-order valence-electron chi connectivity index (χ4n) is 2.21. The first kappa shape index (κ1) is 19.4. The minimum Gasteiger partial charge on any atom is -0.385 e. The molecule has 0 heterocycles. The van der Waals surface area contributed by atoms with Gasteiger partial charge in [0, 0.05) is 31.5 Å². The predicted octanol–water partition coefficient (Wildman–Crippen LogP) is 2.64. The highest BCUT2D eigenvalue weighted by Crippen LogP contribution is 2.13. The minimum atomic E-state index is -0.416. The Hall–Kier alpha value is -2.93. The van der Waals surface area contributed by atoms with E-state index in [1.165, 1.54) is 6.07 Å². The Balaban J connectivity index is 1.80. The molecule has 0 spiro atoms. The van der Waals surface area contributed by atoms with Crippen LogP contribution >= 0.6 is 0 Å². The van der Waals surface area contributed by atoms with Crippen molar-refractivity contribution in [3.05, 3.63) is 59.9 Å². The predicted molar refractivity (Wildman–Crippen MR) is 98.8 cm³/mol. The lowest BCUT2D eigenvalue weighted by Gasteiger charge is -2.09. The number of rotatable bonds is 9. The molecule has 7 heteroatoms. The number of benzene rings is 2. The number of hydrogen-bond donors (Lipinski definition) is 3. The Kier molecular flexibility index (Phi) is 7.57. The first-order chi connectivity index (χ1) is 12.6. The molecule has 0 aromatic heterocycles. The maximum Gasteiger partial charge on any atom is 0.251 e. The number of carbonyl (C=O) groups excluding carboxylic acids is 2. The minimum absolute atomic E-state index is 0.0668. The van der Waals surface area contributed by atoms with Crippen molar-refractivity contribution in [1.29, 1.82) is 0 Å². The quantitative estimate of drug-likeness (QED) is 0.602. The van der Waals surface area contributed by atoms with Crippen LogP contribution in [0.1, 0.15) is 16.8 Å². The lowest BCUT2D eigenvalue weighted by atomic mass is 10.2. The Labute approximate surface area is 151 Å². The number of nitrogens with one attached hydrogen (secondary N) is 3.